The third-order valence-electron chi connectivity index (χ3n) is 3.31. The number of aromatic amines is 1. The van der Waals surface area contributed by atoms with E-state index in [1.807, 2.05) is 12.1 Å². The van der Waals surface area contributed by atoms with Gasteiger partial charge in [0.2, 0.25) is 0 Å². The second-order valence-electron chi connectivity index (χ2n) is 4.33. The van der Waals surface area contributed by atoms with Gasteiger partial charge in [0.15, 0.2) is 0 Å². The lowest BCUT2D eigenvalue weighted by atomic mass is 10.1. The average Bonchev–Trinajstić information content (AvgIpc) is 3.05. The highest BCUT2D eigenvalue weighted by molar-refractivity contribution is 5.96. The van der Waals surface area contributed by atoms with Crippen molar-refractivity contribution in [3.05, 3.63) is 61.2 Å². The van der Waals surface area contributed by atoms with Gasteiger partial charge in [-0.2, -0.15) is 0 Å². The molecule has 0 amide bonds. The van der Waals surface area contributed by atoms with Crippen LogP contribution in [0.25, 0.3) is 27.7 Å². The minimum Gasteiger partial charge on any atom is -0.345 e. The molecule has 3 aromatic heterocycles. The van der Waals surface area contributed by atoms with Gasteiger partial charge in [-0.05, 0) is 24.3 Å². The molecule has 0 spiro atoms. The van der Waals surface area contributed by atoms with Crippen molar-refractivity contribution < 1.29 is 0 Å². The number of H-pyrrole nitrogens is 1. The topological polar surface area (TPSA) is 33.1 Å². The first-order valence-electron chi connectivity index (χ1n) is 5.92. The van der Waals surface area contributed by atoms with Crippen LogP contribution in [0.15, 0.2) is 61.2 Å². The Kier molecular flexibility index (Phi) is 1.83. The minimum absolute atomic E-state index is 1.02. The Bertz CT molecular complexity index is 839. The molecule has 0 atom stereocenters. The number of imidazole rings is 1. The summed E-state index contributed by atoms with van der Waals surface area (Å²) < 4.78 is 2.13. The van der Waals surface area contributed by atoms with Gasteiger partial charge in [0.1, 0.15) is 0 Å². The Morgan fingerprint density at radius 1 is 0.889 bits per heavy atom. The smallest absolute Gasteiger partial charge is 0.0961 e. The number of nitrogens with zero attached hydrogens (tertiary/aromatic N) is 2. The maximum Gasteiger partial charge on any atom is 0.0961 e. The number of hydrogen-bond acceptors (Lipinski definition) is 1. The van der Waals surface area contributed by atoms with Gasteiger partial charge in [-0.15, -0.1) is 0 Å². The normalized spacial score (nSPS) is 11.3. The predicted molar refractivity (Wildman–Crippen MR) is 72.5 cm³/mol. The second-order valence-corrected chi connectivity index (χ2v) is 4.33. The van der Waals surface area contributed by atoms with E-state index in [-0.39, 0.29) is 0 Å². The summed E-state index contributed by atoms with van der Waals surface area (Å²) in [5.74, 6) is 0. The van der Waals surface area contributed by atoms with Crippen LogP contribution >= 0.6 is 0 Å². The lowest BCUT2D eigenvalue weighted by molar-refractivity contribution is 1.20. The largest absolute Gasteiger partial charge is 0.345 e. The molecular formula is C15H11N3. The SMILES string of the molecule is c1cc(-c2ccn3ccccc23)c2nc[nH]c2c1. The number of nitrogens with one attached hydrogen (secondary N) is 1. The first kappa shape index (κ1) is 9.48. The highest BCUT2D eigenvalue weighted by atomic mass is 14.9. The molecule has 18 heavy (non-hydrogen) atoms. The Balaban J connectivity index is 2.10. The summed E-state index contributed by atoms with van der Waals surface area (Å²) in [6, 6.07) is 14.6. The van der Waals surface area contributed by atoms with Crippen LogP contribution in [0.3, 0.4) is 0 Å². The molecule has 0 aliphatic carbocycles. The highest BCUT2D eigenvalue weighted by Crippen LogP contribution is 2.30. The maximum atomic E-state index is 4.42. The average molecular weight is 233 g/mol. The number of aromatic nitrogens is 3. The fraction of sp³-hybridized carbons (Fsp3) is 0. The molecule has 3 nitrogen and oxygen atoms in total. The zero-order valence-corrected chi connectivity index (χ0v) is 9.67. The molecule has 0 aliphatic rings. The van der Waals surface area contributed by atoms with Gasteiger partial charge >= 0.3 is 0 Å². The number of hydrogen-bond donors (Lipinski definition) is 1. The van der Waals surface area contributed by atoms with E-state index in [0.29, 0.717) is 0 Å². The molecule has 0 fully saturated rings. The highest BCUT2D eigenvalue weighted by Gasteiger charge is 2.09. The second kappa shape index (κ2) is 3.47. The molecule has 1 N–H and O–H groups in total. The van der Waals surface area contributed by atoms with Gasteiger partial charge in [-0.3, -0.25) is 0 Å². The molecule has 0 unspecified atom stereocenters. The van der Waals surface area contributed by atoms with Crippen LogP contribution in [0.4, 0.5) is 0 Å². The monoisotopic (exact) mass is 233 g/mol. The van der Waals surface area contributed by atoms with E-state index in [0.717, 1.165) is 11.0 Å². The van der Waals surface area contributed by atoms with Crippen molar-refractivity contribution in [3.63, 3.8) is 0 Å². The van der Waals surface area contributed by atoms with Crippen molar-refractivity contribution in [1.29, 1.82) is 0 Å². The van der Waals surface area contributed by atoms with Crippen LogP contribution in [0.2, 0.25) is 0 Å². The molecule has 1 aromatic carbocycles. The molecule has 3 heterocycles. The summed E-state index contributed by atoms with van der Waals surface area (Å²) in [4.78, 5) is 7.57. The van der Waals surface area contributed by atoms with Crippen LogP contribution in [0, 0.1) is 0 Å². The van der Waals surface area contributed by atoms with E-state index in [1.54, 1.807) is 6.33 Å². The zero-order chi connectivity index (χ0) is 11.9. The number of benzene rings is 1. The molecule has 86 valence electrons. The summed E-state index contributed by atoms with van der Waals surface area (Å²) in [5.41, 5.74) is 5.68. The van der Waals surface area contributed by atoms with E-state index in [4.69, 9.17) is 0 Å². The van der Waals surface area contributed by atoms with Crippen molar-refractivity contribution in [3.8, 4) is 11.1 Å². The fourth-order valence-electron chi connectivity index (χ4n) is 2.47. The number of fused-ring (bicyclic) bond motifs is 2. The Morgan fingerprint density at radius 2 is 1.89 bits per heavy atom. The molecule has 0 radical (unpaired) electrons. The van der Waals surface area contributed by atoms with Crippen molar-refractivity contribution in [2.24, 2.45) is 0 Å². The van der Waals surface area contributed by atoms with Gasteiger partial charge in [0.05, 0.1) is 22.9 Å². The van der Waals surface area contributed by atoms with Crippen LogP contribution in [0.1, 0.15) is 0 Å². The van der Waals surface area contributed by atoms with Crippen molar-refractivity contribution in [1.82, 2.24) is 14.4 Å². The predicted octanol–water partition coefficient (Wildman–Crippen LogP) is 3.48. The summed E-state index contributed by atoms with van der Waals surface area (Å²) in [7, 11) is 0. The summed E-state index contributed by atoms with van der Waals surface area (Å²) in [5, 5.41) is 0. The van der Waals surface area contributed by atoms with Gasteiger partial charge in [-0.25, -0.2) is 4.98 Å². The van der Waals surface area contributed by atoms with E-state index in [9.17, 15) is 0 Å². The first-order chi connectivity index (χ1) is 8.93. The third kappa shape index (κ3) is 1.21. The summed E-state index contributed by atoms with van der Waals surface area (Å²) in [6.07, 6.45) is 5.88. The molecule has 3 heteroatoms. The maximum absolute atomic E-state index is 4.42. The van der Waals surface area contributed by atoms with E-state index < -0.39 is 0 Å². The first-order valence-corrected chi connectivity index (χ1v) is 5.92. The molecule has 0 bridgehead atoms. The standard InChI is InChI=1S/C15H11N3/c1-2-8-18-9-7-11(14(18)6-1)12-4-3-5-13-15(12)17-10-16-13/h1-10H,(H,16,17). The van der Waals surface area contributed by atoms with E-state index in [1.165, 1.54) is 16.6 Å². The van der Waals surface area contributed by atoms with Crippen molar-refractivity contribution >= 4 is 16.6 Å². The van der Waals surface area contributed by atoms with E-state index in [2.05, 4.69) is 57.1 Å². The van der Waals surface area contributed by atoms with Gasteiger partial charge in [0, 0.05) is 23.5 Å². The Hall–Kier alpha value is -2.55. The number of rotatable bonds is 1. The molecule has 0 saturated carbocycles. The van der Waals surface area contributed by atoms with Crippen molar-refractivity contribution in [2.75, 3.05) is 0 Å². The molecule has 0 aliphatic heterocycles. The van der Waals surface area contributed by atoms with Crippen LogP contribution in [-0.4, -0.2) is 14.4 Å². The minimum atomic E-state index is 1.02. The van der Waals surface area contributed by atoms with Crippen LogP contribution in [-0.2, 0) is 0 Å². The lowest BCUT2D eigenvalue weighted by Crippen LogP contribution is -1.82. The summed E-state index contributed by atoms with van der Waals surface area (Å²) >= 11 is 0. The van der Waals surface area contributed by atoms with Crippen molar-refractivity contribution in [2.45, 2.75) is 0 Å². The number of para-hydroxylation sites is 1. The molecule has 4 aromatic rings. The third-order valence-corrected chi connectivity index (χ3v) is 3.31. The summed E-state index contributed by atoms with van der Waals surface area (Å²) in [6.45, 7) is 0. The van der Waals surface area contributed by atoms with Gasteiger partial charge in [0.25, 0.3) is 0 Å². The molecular weight excluding hydrogens is 222 g/mol. The Morgan fingerprint density at radius 3 is 2.89 bits per heavy atom. The zero-order valence-electron chi connectivity index (χ0n) is 9.67. The number of pyridine rings is 1. The lowest BCUT2D eigenvalue weighted by Gasteiger charge is -2.01. The fourth-order valence-corrected chi connectivity index (χ4v) is 2.47. The van der Waals surface area contributed by atoms with Crippen LogP contribution < -0.4 is 0 Å². The van der Waals surface area contributed by atoms with Gasteiger partial charge in [-0.1, -0.05) is 18.2 Å². The molecule has 4 rings (SSSR count). The van der Waals surface area contributed by atoms with Gasteiger partial charge < -0.3 is 9.38 Å². The quantitative estimate of drug-likeness (QED) is 0.536. The molecule has 0 saturated heterocycles. The van der Waals surface area contributed by atoms with Crippen LogP contribution in [0.5, 0.6) is 0 Å². The van der Waals surface area contributed by atoms with E-state index >= 15 is 0 Å². The Labute approximate surface area is 104 Å².